The highest BCUT2D eigenvalue weighted by atomic mass is 16.3. The minimum absolute atomic E-state index is 0.358. The molecule has 1 fully saturated rings. The van der Waals surface area contributed by atoms with Crippen molar-refractivity contribution in [2.45, 2.75) is 25.9 Å². The molecule has 3 heteroatoms. The lowest BCUT2D eigenvalue weighted by molar-refractivity contribution is 0.0673. The van der Waals surface area contributed by atoms with E-state index in [2.05, 4.69) is 36.8 Å². The fourth-order valence-electron chi connectivity index (χ4n) is 2.71. The lowest BCUT2D eigenvalue weighted by atomic mass is 10.0. The van der Waals surface area contributed by atoms with E-state index in [-0.39, 0.29) is 0 Å². The van der Waals surface area contributed by atoms with Gasteiger partial charge >= 0.3 is 0 Å². The molecule has 0 saturated carbocycles. The third-order valence-corrected chi connectivity index (χ3v) is 3.73. The first-order valence-corrected chi connectivity index (χ1v) is 6.31. The molecule has 0 bridgehead atoms. The number of phenols is 1. The number of nitrogens with zero attached hydrogens (tertiary/aromatic N) is 2. The number of piperazine rings is 1. The average Bonchev–Trinajstić information content (AvgIpc) is 2.28. The zero-order valence-electron chi connectivity index (χ0n) is 10.9. The number of hydrogen-bond acceptors (Lipinski definition) is 3. The van der Waals surface area contributed by atoms with Crippen LogP contribution in [0, 0.1) is 0 Å². The Morgan fingerprint density at radius 2 is 2.12 bits per heavy atom. The third kappa shape index (κ3) is 2.79. The van der Waals surface area contributed by atoms with Crippen molar-refractivity contribution in [1.82, 2.24) is 9.80 Å². The Morgan fingerprint density at radius 1 is 1.35 bits per heavy atom. The van der Waals surface area contributed by atoms with Crippen LogP contribution in [0.5, 0.6) is 5.75 Å². The van der Waals surface area contributed by atoms with Crippen molar-refractivity contribution < 1.29 is 5.11 Å². The highest BCUT2D eigenvalue weighted by molar-refractivity contribution is 5.29. The molecular weight excluding hydrogens is 212 g/mol. The van der Waals surface area contributed by atoms with Gasteiger partial charge in [-0.2, -0.15) is 0 Å². The van der Waals surface area contributed by atoms with Gasteiger partial charge in [-0.15, -0.1) is 0 Å². The molecule has 0 radical (unpaired) electrons. The molecule has 2 rings (SSSR count). The molecule has 1 saturated heterocycles. The van der Waals surface area contributed by atoms with Gasteiger partial charge in [-0.05, 0) is 38.6 Å². The normalized spacial score (nSPS) is 24.8. The minimum Gasteiger partial charge on any atom is -0.508 e. The van der Waals surface area contributed by atoms with E-state index >= 15 is 0 Å². The molecule has 1 N–H and O–H groups in total. The number of benzene rings is 1. The Hall–Kier alpha value is -1.06. The molecule has 1 aliphatic heterocycles. The van der Waals surface area contributed by atoms with Gasteiger partial charge in [-0.25, -0.2) is 0 Å². The Bertz CT molecular complexity index is 380. The lowest BCUT2D eigenvalue weighted by Crippen LogP contribution is -2.51. The van der Waals surface area contributed by atoms with E-state index in [1.165, 1.54) is 5.56 Å². The summed E-state index contributed by atoms with van der Waals surface area (Å²) in [4.78, 5) is 4.88. The van der Waals surface area contributed by atoms with Gasteiger partial charge in [0.25, 0.3) is 0 Å². The third-order valence-electron chi connectivity index (χ3n) is 3.73. The van der Waals surface area contributed by atoms with Crippen LogP contribution in [0.2, 0.25) is 0 Å². The van der Waals surface area contributed by atoms with Crippen LogP contribution in [0.25, 0.3) is 0 Å². The zero-order chi connectivity index (χ0) is 12.4. The van der Waals surface area contributed by atoms with Gasteiger partial charge in [0.2, 0.25) is 0 Å². The van der Waals surface area contributed by atoms with Crippen LogP contribution in [0.4, 0.5) is 0 Å². The van der Waals surface area contributed by atoms with Gasteiger partial charge in [0, 0.05) is 31.7 Å². The van der Waals surface area contributed by atoms with Gasteiger partial charge in [-0.1, -0.05) is 12.1 Å². The van der Waals surface area contributed by atoms with Crippen molar-refractivity contribution in [2.75, 3.05) is 26.7 Å². The second-order valence-corrected chi connectivity index (χ2v) is 5.12. The lowest BCUT2D eigenvalue weighted by Gasteiger charge is -2.41. The summed E-state index contributed by atoms with van der Waals surface area (Å²) in [5.41, 5.74) is 1.20. The summed E-state index contributed by atoms with van der Waals surface area (Å²) in [5, 5.41) is 9.54. The molecule has 0 amide bonds. The van der Waals surface area contributed by atoms with Crippen molar-refractivity contribution >= 4 is 0 Å². The first-order chi connectivity index (χ1) is 8.08. The second kappa shape index (κ2) is 5.07. The number of hydrogen-bond donors (Lipinski definition) is 1. The first kappa shape index (κ1) is 12.4. The van der Waals surface area contributed by atoms with E-state index in [0.717, 1.165) is 19.6 Å². The topological polar surface area (TPSA) is 26.7 Å². The monoisotopic (exact) mass is 234 g/mol. The fraction of sp³-hybridized carbons (Fsp3) is 0.571. The van der Waals surface area contributed by atoms with Crippen molar-refractivity contribution in [3.05, 3.63) is 29.8 Å². The second-order valence-electron chi connectivity index (χ2n) is 5.12. The number of likely N-dealkylation sites (N-methyl/N-ethyl adjacent to an activating group) is 1. The summed E-state index contributed by atoms with van der Waals surface area (Å²) in [6.07, 6.45) is 0. The summed E-state index contributed by atoms with van der Waals surface area (Å²) >= 11 is 0. The van der Waals surface area contributed by atoms with Crippen molar-refractivity contribution in [3.63, 3.8) is 0 Å². The van der Waals surface area contributed by atoms with Gasteiger partial charge < -0.3 is 10.0 Å². The van der Waals surface area contributed by atoms with Crippen LogP contribution < -0.4 is 0 Å². The highest BCUT2D eigenvalue weighted by Crippen LogP contribution is 2.26. The van der Waals surface area contributed by atoms with E-state index in [1.54, 1.807) is 6.07 Å². The van der Waals surface area contributed by atoms with Crippen LogP contribution in [-0.4, -0.2) is 47.6 Å². The van der Waals surface area contributed by atoms with Crippen LogP contribution in [0.3, 0.4) is 0 Å². The average molecular weight is 234 g/mol. The predicted molar refractivity (Wildman–Crippen MR) is 70.2 cm³/mol. The largest absolute Gasteiger partial charge is 0.508 e. The Morgan fingerprint density at radius 3 is 2.76 bits per heavy atom. The summed E-state index contributed by atoms with van der Waals surface area (Å²) < 4.78 is 0. The molecule has 17 heavy (non-hydrogen) atoms. The van der Waals surface area contributed by atoms with Crippen LogP contribution in [0.1, 0.15) is 25.5 Å². The molecule has 1 heterocycles. The predicted octanol–water partition coefficient (Wildman–Crippen LogP) is 2.09. The van der Waals surface area contributed by atoms with E-state index in [0.29, 0.717) is 17.8 Å². The van der Waals surface area contributed by atoms with Crippen LogP contribution in [0.15, 0.2) is 24.3 Å². The van der Waals surface area contributed by atoms with E-state index < -0.39 is 0 Å². The summed E-state index contributed by atoms with van der Waals surface area (Å²) in [5.74, 6) is 0.358. The fourth-order valence-corrected chi connectivity index (χ4v) is 2.71. The zero-order valence-corrected chi connectivity index (χ0v) is 10.9. The molecule has 1 aromatic carbocycles. The standard InChI is InChI=1S/C14H22N2O/c1-11-10-15(3)7-8-16(11)12(2)13-5-4-6-14(17)9-13/h4-6,9,11-12,17H,7-8,10H2,1-3H3. The summed E-state index contributed by atoms with van der Waals surface area (Å²) in [7, 11) is 2.17. The maximum atomic E-state index is 9.54. The van der Waals surface area contributed by atoms with Crippen LogP contribution in [-0.2, 0) is 0 Å². The SMILES string of the molecule is CC1CN(C)CCN1C(C)c1cccc(O)c1. The van der Waals surface area contributed by atoms with Crippen molar-refractivity contribution in [3.8, 4) is 5.75 Å². The first-order valence-electron chi connectivity index (χ1n) is 6.31. The highest BCUT2D eigenvalue weighted by Gasteiger charge is 2.26. The maximum absolute atomic E-state index is 9.54. The van der Waals surface area contributed by atoms with Crippen molar-refractivity contribution in [1.29, 1.82) is 0 Å². The summed E-state index contributed by atoms with van der Waals surface area (Å²) in [6.45, 7) is 7.82. The number of aromatic hydroxyl groups is 1. The Balaban J connectivity index is 2.12. The molecule has 1 aromatic rings. The maximum Gasteiger partial charge on any atom is 0.115 e. The van der Waals surface area contributed by atoms with Gasteiger partial charge in [-0.3, -0.25) is 4.90 Å². The van der Waals surface area contributed by atoms with E-state index in [9.17, 15) is 5.11 Å². The molecule has 3 nitrogen and oxygen atoms in total. The van der Waals surface area contributed by atoms with E-state index in [4.69, 9.17) is 0 Å². The van der Waals surface area contributed by atoms with Gasteiger partial charge in [0.1, 0.15) is 5.75 Å². The number of rotatable bonds is 2. The van der Waals surface area contributed by atoms with Gasteiger partial charge in [0.15, 0.2) is 0 Å². The van der Waals surface area contributed by atoms with Crippen LogP contribution >= 0.6 is 0 Å². The molecule has 2 atom stereocenters. The van der Waals surface area contributed by atoms with Gasteiger partial charge in [0.05, 0.1) is 0 Å². The number of phenolic OH excluding ortho intramolecular Hbond substituents is 1. The molecule has 94 valence electrons. The molecule has 0 spiro atoms. The smallest absolute Gasteiger partial charge is 0.115 e. The Labute approximate surface area is 104 Å². The molecule has 2 unspecified atom stereocenters. The van der Waals surface area contributed by atoms with Crippen molar-refractivity contribution in [2.24, 2.45) is 0 Å². The summed E-state index contributed by atoms with van der Waals surface area (Å²) in [6, 6.07) is 8.54. The molecular formula is C14H22N2O. The quantitative estimate of drug-likeness (QED) is 0.849. The Kier molecular flexibility index (Phi) is 3.69. The minimum atomic E-state index is 0.358. The van der Waals surface area contributed by atoms with E-state index in [1.807, 2.05) is 12.1 Å². The molecule has 0 aromatic heterocycles. The molecule has 1 aliphatic rings. The molecule has 0 aliphatic carbocycles.